The van der Waals surface area contributed by atoms with Gasteiger partial charge in [0.15, 0.2) is 0 Å². The molecule has 1 N–H and O–H groups in total. The van der Waals surface area contributed by atoms with Crippen LogP contribution in [0.2, 0.25) is 0 Å². The lowest BCUT2D eigenvalue weighted by Gasteiger charge is -1.79. The summed E-state index contributed by atoms with van der Waals surface area (Å²) in [6, 6.07) is 0. The highest BCUT2D eigenvalue weighted by atomic mass is 16.6. The van der Waals surface area contributed by atoms with E-state index in [9.17, 15) is 4.79 Å². The van der Waals surface area contributed by atoms with Gasteiger partial charge in [0, 0.05) is 5.57 Å². The van der Waals surface area contributed by atoms with Crippen LogP contribution in [0.1, 0.15) is 6.92 Å². The minimum atomic E-state index is -0.935. The predicted molar refractivity (Wildman–Crippen MR) is 33.3 cm³/mol. The number of ether oxygens (including phenoxy) is 1. The number of hydrogen-bond acceptors (Lipinski definition) is 2. The molecule has 0 radical (unpaired) electrons. The molecule has 0 bridgehead atoms. The zero-order chi connectivity index (χ0) is 7.28. The van der Waals surface area contributed by atoms with Crippen LogP contribution in [0.4, 0.5) is 0 Å². The smallest absolute Gasteiger partial charge is 0.330 e. The van der Waals surface area contributed by atoms with Gasteiger partial charge in [0.05, 0.1) is 13.2 Å². The molecule has 0 saturated carbocycles. The van der Waals surface area contributed by atoms with E-state index in [0.717, 1.165) is 13.2 Å². The Morgan fingerprint density at radius 2 is 1.89 bits per heavy atom. The molecule has 0 aromatic rings. The summed E-state index contributed by atoms with van der Waals surface area (Å²) >= 11 is 0. The van der Waals surface area contributed by atoms with Crippen LogP contribution in [-0.4, -0.2) is 24.3 Å². The van der Waals surface area contributed by atoms with E-state index in [0.29, 0.717) is 0 Å². The number of hydrogen-bond donors (Lipinski definition) is 1. The van der Waals surface area contributed by atoms with E-state index in [-0.39, 0.29) is 5.57 Å². The quantitative estimate of drug-likeness (QED) is 0.419. The van der Waals surface area contributed by atoms with Gasteiger partial charge >= 0.3 is 5.97 Å². The summed E-state index contributed by atoms with van der Waals surface area (Å²) in [6.45, 7) is 6.60. The highest BCUT2D eigenvalue weighted by Crippen LogP contribution is 1.84. The number of aliphatic carboxylic acids is 1. The van der Waals surface area contributed by atoms with Crippen molar-refractivity contribution in [3.05, 3.63) is 12.2 Å². The SMILES string of the molecule is C1CO1.C=C(C)C(=O)O. The first kappa shape index (κ1) is 8.17. The summed E-state index contributed by atoms with van der Waals surface area (Å²) < 4.78 is 4.50. The minimum absolute atomic E-state index is 0.176. The Morgan fingerprint density at radius 1 is 1.67 bits per heavy atom. The Morgan fingerprint density at radius 3 is 1.89 bits per heavy atom. The molecular weight excluding hydrogens is 120 g/mol. The normalized spacial score (nSPS) is 13.0. The molecule has 0 atom stereocenters. The first-order valence-electron chi connectivity index (χ1n) is 2.61. The van der Waals surface area contributed by atoms with Crippen LogP contribution in [0.3, 0.4) is 0 Å². The molecule has 1 saturated heterocycles. The zero-order valence-corrected chi connectivity index (χ0v) is 5.39. The van der Waals surface area contributed by atoms with E-state index >= 15 is 0 Å². The van der Waals surface area contributed by atoms with Gasteiger partial charge in [-0.1, -0.05) is 6.58 Å². The number of carboxylic acids is 1. The number of carbonyl (C=O) groups is 1. The summed E-state index contributed by atoms with van der Waals surface area (Å²) in [6.07, 6.45) is 0. The molecule has 0 aliphatic carbocycles. The third kappa shape index (κ3) is 11.0. The van der Waals surface area contributed by atoms with Gasteiger partial charge in [-0.25, -0.2) is 4.79 Å². The highest BCUT2D eigenvalue weighted by molar-refractivity contribution is 5.84. The molecule has 1 heterocycles. The fourth-order valence-corrected chi connectivity index (χ4v) is 0. The second kappa shape index (κ2) is 4.09. The first-order chi connectivity index (χ1) is 4.14. The number of epoxide rings is 1. The van der Waals surface area contributed by atoms with Crippen molar-refractivity contribution >= 4 is 5.97 Å². The molecule has 1 rings (SSSR count). The molecule has 0 spiro atoms. The molecule has 0 aromatic carbocycles. The van der Waals surface area contributed by atoms with Crippen LogP contribution in [0.15, 0.2) is 12.2 Å². The molecule has 3 heteroatoms. The molecule has 0 amide bonds. The molecule has 0 unspecified atom stereocenters. The van der Waals surface area contributed by atoms with E-state index in [2.05, 4.69) is 11.3 Å². The number of rotatable bonds is 1. The maximum absolute atomic E-state index is 9.60. The topological polar surface area (TPSA) is 49.8 Å². The average molecular weight is 130 g/mol. The Hall–Kier alpha value is -0.830. The third-order valence-electron chi connectivity index (χ3n) is 0.569. The molecule has 1 aliphatic heterocycles. The lowest BCUT2D eigenvalue weighted by molar-refractivity contribution is -0.132. The van der Waals surface area contributed by atoms with Crippen LogP contribution < -0.4 is 0 Å². The summed E-state index contributed by atoms with van der Waals surface area (Å²) in [7, 11) is 0. The maximum atomic E-state index is 9.60. The van der Waals surface area contributed by atoms with E-state index in [1.54, 1.807) is 0 Å². The molecule has 1 fully saturated rings. The molecule has 52 valence electrons. The van der Waals surface area contributed by atoms with Gasteiger partial charge in [-0.05, 0) is 6.92 Å². The van der Waals surface area contributed by atoms with Crippen molar-refractivity contribution in [3.63, 3.8) is 0 Å². The minimum Gasteiger partial charge on any atom is -0.478 e. The largest absolute Gasteiger partial charge is 0.478 e. The van der Waals surface area contributed by atoms with Gasteiger partial charge in [-0.3, -0.25) is 0 Å². The van der Waals surface area contributed by atoms with Crippen molar-refractivity contribution in [3.8, 4) is 0 Å². The fraction of sp³-hybridized carbons (Fsp3) is 0.500. The van der Waals surface area contributed by atoms with Crippen molar-refractivity contribution < 1.29 is 14.6 Å². The van der Waals surface area contributed by atoms with Gasteiger partial charge in [0.25, 0.3) is 0 Å². The molecular formula is C6H10O3. The maximum Gasteiger partial charge on any atom is 0.330 e. The highest BCUT2D eigenvalue weighted by Gasteiger charge is 1.94. The van der Waals surface area contributed by atoms with Crippen molar-refractivity contribution in [2.45, 2.75) is 6.92 Å². The van der Waals surface area contributed by atoms with Crippen LogP contribution in [0, 0.1) is 0 Å². The third-order valence-corrected chi connectivity index (χ3v) is 0.569. The monoisotopic (exact) mass is 130 g/mol. The average Bonchev–Trinajstić information content (AvgIpc) is 2.46. The van der Waals surface area contributed by atoms with Crippen LogP contribution in [0.25, 0.3) is 0 Å². The summed E-state index contributed by atoms with van der Waals surface area (Å²) in [5.41, 5.74) is 0.176. The van der Waals surface area contributed by atoms with Gasteiger partial charge in [0.1, 0.15) is 0 Å². The van der Waals surface area contributed by atoms with Crippen molar-refractivity contribution in [2.75, 3.05) is 13.2 Å². The van der Waals surface area contributed by atoms with Crippen molar-refractivity contribution in [2.24, 2.45) is 0 Å². The van der Waals surface area contributed by atoms with E-state index in [1.807, 2.05) is 0 Å². The Balaban J connectivity index is 0.000000173. The Labute approximate surface area is 53.9 Å². The van der Waals surface area contributed by atoms with Gasteiger partial charge < -0.3 is 9.84 Å². The molecule has 3 nitrogen and oxygen atoms in total. The van der Waals surface area contributed by atoms with E-state index in [1.165, 1.54) is 6.92 Å². The molecule has 0 aromatic heterocycles. The van der Waals surface area contributed by atoms with Crippen LogP contribution in [-0.2, 0) is 9.53 Å². The van der Waals surface area contributed by atoms with Crippen LogP contribution in [0.5, 0.6) is 0 Å². The summed E-state index contributed by atoms with van der Waals surface area (Å²) in [5.74, 6) is -0.935. The lowest BCUT2D eigenvalue weighted by Crippen LogP contribution is -1.92. The van der Waals surface area contributed by atoms with E-state index in [4.69, 9.17) is 5.11 Å². The number of carboxylic acid groups (broad SMARTS) is 1. The molecule has 9 heavy (non-hydrogen) atoms. The van der Waals surface area contributed by atoms with E-state index < -0.39 is 5.97 Å². The van der Waals surface area contributed by atoms with Crippen LogP contribution >= 0.6 is 0 Å². The summed E-state index contributed by atoms with van der Waals surface area (Å²) in [5, 5.41) is 7.89. The van der Waals surface area contributed by atoms with Gasteiger partial charge in [0.2, 0.25) is 0 Å². The zero-order valence-electron chi connectivity index (χ0n) is 5.39. The lowest BCUT2D eigenvalue weighted by atomic mass is 10.4. The van der Waals surface area contributed by atoms with Gasteiger partial charge in [-0.2, -0.15) is 0 Å². The second-order valence-corrected chi connectivity index (χ2v) is 1.70. The summed E-state index contributed by atoms with van der Waals surface area (Å²) in [4.78, 5) is 9.60. The van der Waals surface area contributed by atoms with Crippen molar-refractivity contribution in [1.82, 2.24) is 0 Å². The fourth-order valence-electron chi connectivity index (χ4n) is 0. The Kier molecular flexibility index (Phi) is 3.71. The predicted octanol–water partition coefficient (Wildman–Crippen LogP) is 0.664. The van der Waals surface area contributed by atoms with Crippen molar-refractivity contribution in [1.29, 1.82) is 0 Å². The first-order valence-corrected chi connectivity index (χ1v) is 2.61. The Bertz CT molecular complexity index is 101. The second-order valence-electron chi connectivity index (χ2n) is 1.70. The standard InChI is InChI=1S/C4H6O2.C2H4O/c1-3(2)4(5)6;1-2-3-1/h1H2,2H3,(H,5,6);1-2H2. The van der Waals surface area contributed by atoms with Gasteiger partial charge in [-0.15, -0.1) is 0 Å². The molecule has 1 aliphatic rings.